The Hall–Kier alpha value is -0.180. The molecule has 0 aromatic rings. The van der Waals surface area contributed by atoms with Gasteiger partial charge in [-0.2, -0.15) is 0 Å². The van der Waals surface area contributed by atoms with E-state index in [9.17, 15) is 8.78 Å². The number of hydrogen-bond donors (Lipinski definition) is 1. The van der Waals surface area contributed by atoms with Crippen LogP contribution in [0.1, 0.15) is 45.4 Å². The molecule has 3 heteroatoms. The molecule has 1 N–H and O–H groups in total. The van der Waals surface area contributed by atoms with Crippen LogP contribution >= 0.6 is 0 Å². The van der Waals surface area contributed by atoms with Crippen molar-refractivity contribution in [3.8, 4) is 0 Å². The fourth-order valence-electron chi connectivity index (χ4n) is 2.25. The van der Waals surface area contributed by atoms with E-state index in [0.717, 1.165) is 0 Å². The number of nitrogens with one attached hydrogen (secondary N) is 1. The predicted molar refractivity (Wildman–Crippen MR) is 54.7 cm³/mol. The second-order valence-electron chi connectivity index (χ2n) is 4.34. The second-order valence-corrected chi connectivity index (χ2v) is 4.34. The van der Waals surface area contributed by atoms with Crippen LogP contribution in [0.4, 0.5) is 8.78 Å². The highest BCUT2D eigenvalue weighted by Crippen LogP contribution is 2.25. The lowest BCUT2D eigenvalue weighted by molar-refractivity contribution is 0.136. The Bertz CT molecular complexity index is 142. The Morgan fingerprint density at radius 2 is 1.71 bits per heavy atom. The van der Waals surface area contributed by atoms with Crippen molar-refractivity contribution in [2.24, 2.45) is 5.92 Å². The van der Waals surface area contributed by atoms with Crippen molar-refractivity contribution in [2.75, 3.05) is 6.54 Å². The molecule has 1 atom stereocenters. The Kier molecular flexibility index (Phi) is 5.38. The van der Waals surface area contributed by atoms with Crippen molar-refractivity contribution in [3.63, 3.8) is 0 Å². The van der Waals surface area contributed by atoms with Crippen LogP contribution < -0.4 is 5.32 Å². The fourth-order valence-corrected chi connectivity index (χ4v) is 2.25. The van der Waals surface area contributed by atoms with Crippen LogP contribution in [0.15, 0.2) is 0 Å². The van der Waals surface area contributed by atoms with Gasteiger partial charge in [0.25, 0.3) is 6.43 Å². The molecule has 0 radical (unpaired) electrons. The molecule has 0 saturated heterocycles. The van der Waals surface area contributed by atoms with Gasteiger partial charge in [-0.05, 0) is 25.7 Å². The molecular weight excluding hydrogens is 184 g/mol. The number of halogens is 2. The van der Waals surface area contributed by atoms with Crippen LogP contribution in [0, 0.1) is 5.92 Å². The van der Waals surface area contributed by atoms with E-state index < -0.39 is 6.43 Å². The summed E-state index contributed by atoms with van der Waals surface area (Å²) in [7, 11) is 0. The average molecular weight is 205 g/mol. The molecule has 0 heterocycles. The summed E-state index contributed by atoms with van der Waals surface area (Å²) in [5, 5.41) is 2.93. The van der Waals surface area contributed by atoms with E-state index >= 15 is 0 Å². The van der Waals surface area contributed by atoms with Crippen LogP contribution in [0.2, 0.25) is 0 Å². The van der Waals surface area contributed by atoms with E-state index in [1.807, 2.05) is 6.92 Å². The summed E-state index contributed by atoms with van der Waals surface area (Å²) in [5.41, 5.74) is 0. The van der Waals surface area contributed by atoms with Gasteiger partial charge in [-0.25, -0.2) is 8.78 Å². The van der Waals surface area contributed by atoms with Gasteiger partial charge in [0.1, 0.15) is 0 Å². The quantitative estimate of drug-likeness (QED) is 0.695. The van der Waals surface area contributed by atoms with Gasteiger partial charge in [-0.1, -0.05) is 25.7 Å². The maximum Gasteiger partial charge on any atom is 0.250 e. The van der Waals surface area contributed by atoms with Crippen LogP contribution in [-0.4, -0.2) is 19.0 Å². The summed E-state index contributed by atoms with van der Waals surface area (Å²) in [4.78, 5) is 0. The van der Waals surface area contributed by atoms with Crippen LogP contribution in [-0.2, 0) is 0 Å². The lowest BCUT2D eigenvalue weighted by Crippen LogP contribution is -2.36. The van der Waals surface area contributed by atoms with E-state index in [4.69, 9.17) is 0 Å². The molecule has 1 rings (SSSR count). The van der Waals surface area contributed by atoms with E-state index in [2.05, 4.69) is 5.32 Å². The number of alkyl halides is 2. The Morgan fingerprint density at radius 3 is 2.21 bits per heavy atom. The normalized spacial score (nSPS) is 22.3. The molecule has 1 saturated carbocycles. The molecule has 1 nitrogen and oxygen atoms in total. The second kappa shape index (κ2) is 6.33. The minimum Gasteiger partial charge on any atom is -0.309 e. The summed E-state index contributed by atoms with van der Waals surface area (Å²) >= 11 is 0. The first kappa shape index (κ1) is 11.9. The van der Waals surface area contributed by atoms with Gasteiger partial charge in [0.2, 0.25) is 0 Å². The molecule has 0 aromatic heterocycles. The first-order valence-corrected chi connectivity index (χ1v) is 5.71. The third-order valence-electron chi connectivity index (χ3n) is 3.20. The first-order chi connectivity index (χ1) is 6.70. The van der Waals surface area contributed by atoms with E-state index in [0.29, 0.717) is 5.92 Å². The van der Waals surface area contributed by atoms with E-state index in [1.54, 1.807) is 0 Å². The summed E-state index contributed by atoms with van der Waals surface area (Å²) in [6.07, 6.45) is 5.37. The average Bonchev–Trinajstić information content (AvgIpc) is 2.42. The fraction of sp³-hybridized carbons (Fsp3) is 1.00. The Morgan fingerprint density at radius 1 is 1.14 bits per heavy atom. The third kappa shape index (κ3) is 4.36. The molecule has 0 aliphatic heterocycles. The van der Waals surface area contributed by atoms with Gasteiger partial charge in [-0.3, -0.25) is 0 Å². The molecule has 0 spiro atoms. The molecule has 0 unspecified atom stereocenters. The standard InChI is InChI=1S/C11H21F2N/c1-9(14-8-11(12)13)10-6-4-2-3-5-7-10/h9-11,14H,2-8H2,1H3/t9-/m0/s1. The molecule has 14 heavy (non-hydrogen) atoms. The van der Waals surface area contributed by atoms with Crippen LogP contribution in [0.3, 0.4) is 0 Å². The number of hydrogen-bond acceptors (Lipinski definition) is 1. The maximum absolute atomic E-state index is 12.0. The van der Waals surface area contributed by atoms with Crippen molar-refractivity contribution in [3.05, 3.63) is 0 Å². The van der Waals surface area contributed by atoms with Gasteiger partial charge in [-0.15, -0.1) is 0 Å². The monoisotopic (exact) mass is 205 g/mol. The third-order valence-corrected chi connectivity index (χ3v) is 3.20. The van der Waals surface area contributed by atoms with Gasteiger partial charge in [0, 0.05) is 6.04 Å². The van der Waals surface area contributed by atoms with Crippen molar-refractivity contribution >= 4 is 0 Å². The smallest absolute Gasteiger partial charge is 0.250 e. The highest BCUT2D eigenvalue weighted by Gasteiger charge is 2.19. The van der Waals surface area contributed by atoms with Crippen molar-refractivity contribution in [1.82, 2.24) is 5.32 Å². The summed E-state index contributed by atoms with van der Waals surface area (Å²) < 4.78 is 24.0. The molecule has 1 aliphatic carbocycles. The van der Waals surface area contributed by atoms with Crippen LogP contribution in [0.25, 0.3) is 0 Å². The largest absolute Gasteiger partial charge is 0.309 e. The zero-order valence-corrected chi connectivity index (χ0v) is 8.94. The highest BCUT2D eigenvalue weighted by molar-refractivity contribution is 4.74. The molecule has 1 fully saturated rings. The van der Waals surface area contributed by atoms with Gasteiger partial charge >= 0.3 is 0 Å². The minimum atomic E-state index is -2.22. The number of rotatable bonds is 4. The zero-order valence-electron chi connectivity index (χ0n) is 8.94. The predicted octanol–water partition coefficient (Wildman–Crippen LogP) is 3.20. The molecular formula is C11H21F2N. The van der Waals surface area contributed by atoms with Gasteiger partial charge < -0.3 is 5.32 Å². The minimum absolute atomic E-state index is 0.155. The summed E-state index contributed by atoms with van der Waals surface area (Å²) in [6.45, 7) is 1.88. The Labute approximate surface area is 85.3 Å². The zero-order chi connectivity index (χ0) is 10.4. The highest BCUT2D eigenvalue weighted by atomic mass is 19.3. The van der Waals surface area contributed by atoms with Gasteiger partial charge in [0.05, 0.1) is 6.54 Å². The van der Waals surface area contributed by atoms with Crippen molar-refractivity contribution in [2.45, 2.75) is 57.9 Å². The molecule has 0 bridgehead atoms. The van der Waals surface area contributed by atoms with Gasteiger partial charge in [0.15, 0.2) is 0 Å². The topological polar surface area (TPSA) is 12.0 Å². The maximum atomic E-state index is 12.0. The Balaban J connectivity index is 2.23. The molecule has 1 aliphatic rings. The molecule has 0 amide bonds. The van der Waals surface area contributed by atoms with E-state index in [1.165, 1.54) is 38.5 Å². The van der Waals surface area contributed by atoms with Crippen LogP contribution in [0.5, 0.6) is 0 Å². The van der Waals surface area contributed by atoms with Crippen molar-refractivity contribution < 1.29 is 8.78 Å². The summed E-state index contributed by atoms with van der Waals surface area (Å²) in [6, 6.07) is 0.252. The summed E-state index contributed by atoms with van der Waals surface area (Å²) in [5.74, 6) is 0.608. The molecule has 84 valence electrons. The molecule has 0 aromatic carbocycles. The SMILES string of the molecule is C[C@H](NCC(F)F)C1CCCCCC1. The lowest BCUT2D eigenvalue weighted by Gasteiger charge is -2.23. The van der Waals surface area contributed by atoms with E-state index in [-0.39, 0.29) is 12.6 Å². The first-order valence-electron chi connectivity index (χ1n) is 5.71. The van der Waals surface area contributed by atoms with Crippen molar-refractivity contribution in [1.29, 1.82) is 0 Å². The lowest BCUT2D eigenvalue weighted by atomic mass is 9.93.